The van der Waals surface area contributed by atoms with Crippen molar-refractivity contribution in [1.82, 2.24) is 5.32 Å². The molecule has 0 aromatic rings. The predicted octanol–water partition coefficient (Wildman–Crippen LogP) is 12.6. The summed E-state index contributed by atoms with van der Waals surface area (Å²) in [5.74, 6) is -0.249. The third-order valence-corrected chi connectivity index (χ3v) is 16.3. The number of nitrogens with one attached hydrogen (secondary N) is 1. The fraction of sp³-hybridized carbons (Fsp3) is 0.894. The molecular weight excluding hydrogens is 1010 g/mol. The van der Waals surface area contributed by atoms with Crippen LogP contribution in [-0.4, -0.2) is 140 Å². The molecule has 12 unspecified atom stereocenters. The highest BCUT2D eigenvalue weighted by molar-refractivity contribution is 5.76. The van der Waals surface area contributed by atoms with Gasteiger partial charge in [0.15, 0.2) is 12.6 Å². The minimum atomic E-state index is -1.79. The SMILES string of the molecule is CCCCCCCC/C=C\CCCCCCCCCCCC(=O)NC(COC1OC(CO)C(OC2OC(CO)C(O)C(O)C2O)C(O)C1O)C(O)/C=C/CC/C=C/CCCCCCCCCCCCCCCCCCCCCCC. The molecule has 0 bridgehead atoms. The quantitative estimate of drug-likeness (QED) is 0.0204. The highest BCUT2D eigenvalue weighted by Crippen LogP contribution is 2.30. The molecule has 0 aromatic carbocycles. The van der Waals surface area contributed by atoms with Crippen molar-refractivity contribution in [3.63, 3.8) is 0 Å². The van der Waals surface area contributed by atoms with E-state index in [0.717, 1.165) is 32.1 Å². The van der Waals surface area contributed by atoms with E-state index in [-0.39, 0.29) is 18.9 Å². The Morgan fingerprint density at radius 2 is 0.800 bits per heavy atom. The topological polar surface area (TPSA) is 228 Å². The van der Waals surface area contributed by atoms with Crippen LogP contribution in [0.2, 0.25) is 0 Å². The smallest absolute Gasteiger partial charge is 0.220 e. The monoisotopic (exact) mass is 1140 g/mol. The van der Waals surface area contributed by atoms with Gasteiger partial charge in [0.2, 0.25) is 5.91 Å². The summed E-state index contributed by atoms with van der Waals surface area (Å²) in [6.07, 6.45) is 47.7. The number of rotatable bonds is 54. The highest BCUT2D eigenvalue weighted by Gasteiger charge is 2.51. The Hall–Kier alpha value is -1.79. The molecule has 2 aliphatic heterocycles. The van der Waals surface area contributed by atoms with Gasteiger partial charge in [-0.15, -0.1) is 0 Å². The molecule has 2 aliphatic rings. The van der Waals surface area contributed by atoms with Gasteiger partial charge in [-0.05, 0) is 57.8 Å². The maximum Gasteiger partial charge on any atom is 0.220 e. The minimum Gasteiger partial charge on any atom is -0.394 e. The van der Waals surface area contributed by atoms with Gasteiger partial charge in [0.05, 0.1) is 32.0 Å². The second-order valence-electron chi connectivity index (χ2n) is 23.6. The normalized spacial score (nSPS) is 24.4. The van der Waals surface area contributed by atoms with E-state index in [4.69, 9.17) is 18.9 Å². The first kappa shape index (κ1) is 74.3. The predicted molar refractivity (Wildman–Crippen MR) is 323 cm³/mol. The first-order valence-electron chi connectivity index (χ1n) is 33.2. The number of unbranched alkanes of at least 4 members (excludes halogenated alkanes) is 37. The molecule has 0 aromatic heterocycles. The van der Waals surface area contributed by atoms with E-state index in [0.29, 0.717) is 12.8 Å². The van der Waals surface area contributed by atoms with E-state index in [1.807, 2.05) is 6.08 Å². The molecule has 9 N–H and O–H groups in total. The molecule has 2 saturated heterocycles. The number of carbonyl (C=O) groups is 1. The number of carbonyl (C=O) groups excluding carboxylic acids is 1. The Morgan fingerprint density at radius 3 is 1.23 bits per heavy atom. The van der Waals surface area contributed by atoms with E-state index >= 15 is 0 Å². The summed E-state index contributed by atoms with van der Waals surface area (Å²) in [7, 11) is 0. The van der Waals surface area contributed by atoms with Crippen molar-refractivity contribution < 1.29 is 64.6 Å². The van der Waals surface area contributed by atoms with E-state index in [1.165, 1.54) is 218 Å². The van der Waals surface area contributed by atoms with Crippen LogP contribution in [0.1, 0.15) is 284 Å². The fourth-order valence-corrected chi connectivity index (χ4v) is 11.0. The summed E-state index contributed by atoms with van der Waals surface area (Å²) in [5, 5.41) is 87.3. The number of hydrogen-bond acceptors (Lipinski definition) is 13. The zero-order chi connectivity index (χ0) is 58.1. The van der Waals surface area contributed by atoms with Gasteiger partial charge in [-0.1, -0.05) is 256 Å². The maximum absolute atomic E-state index is 13.3. The Labute approximate surface area is 487 Å². The van der Waals surface area contributed by atoms with Gasteiger partial charge in [0.25, 0.3) is 0 Å². The van der Waals surface area contributed by atoms with Gasteiger partial charge in [-0.3, -0.25) is 4.79 Å². The average Bonchev–Trinajstić information content (AvgIpc) is 3.48. The number of amides is 1. The molecule has 0 radical (unpaired) electrons. The molecule has 14 heteroatoms. The third kappa shape index (κ3) is 36.1. The fourth-order valence-electron chi connectivity index (χ4n) is 11.0. The van der Waals surface area contributed by atoms with Gasteiger partial charge < -0.3 is 65.1 Å². The summed E-state index contributed by atoms with van der Waals surface area (Å²) < 4.78 is 22.8. The van der Waals surface area contributed by atoms with Gasteiger partial charge in [0.1, 0.15) is 48.8 Å². The second kappa shape index (κ2) is 51.6. The third-order valence-electron chi connectivity index (χ3n) is 16.3. The van der Waals surface area contributed by atoms with E-state index in [2.05, 4.69) is 43.5 Å². The lowest BCUT2D eigenvalue weighted by Crippen LogP contribution is -2.65. The maximum atomic E-state index is 13.3. The largest absolute Gasteiger partial charge is 0.394 e. The van der Waals surface area contributed by atoms with E-state index in [1.54, 1.807) is 6.08 Å². The van der Waals surface area contributed by atoms with Crippen LogP contribution < -0.4 is 5.32 Å². The van der Waals surface area contributed by atoms with Crippen molar-refractivity contribution in [1.29, 1.82) is 0 Å². The van der Waals surface area contributed by atoms with Crippen molar-refractivity contribution in [3.05, 3.63) is 36.5 Å². The molecule has 0 spiro atoms. The molecule has 2 fully saturated rings. The van der Waals surface area contributed by atoms with Crippen molar-refractivity contribution in [2.75, 3.05) is 19.8 Å². The first-order chi connectivity index (χ1) is 39.1. The van der Waals surface area contributed by atoms with Gasteiger partial charge in [-0.25, -0.2) is 0 Å². The van der Waals surface area contributed by atoms with Crippen LogP contribution in [0.4, 0.5) is 0 Å². The standard InChI is InChI=1S/C66H123NO13/c1-3-5-7-9-11-13-15-17-19-21-23-24-25-26-27-28-29-30-32-33-35-37-39-41-43-45-47-49-55(70)54(67-58(71)50-48-46-44-42-40-38-36-34-31-22-20-18-16-14-12-10-8-6-4-2)53-77-65-63(76)61(74)64(57(52-69)79-65)80-66-62(75)60(73)59(72)56(51-68)78-66/h18,20,39,41,47,49,54-57,59-66,68-70,72-76H,3-17,19,21-38,40,42-46,48,50-53H2,1-2H3,(H,67,71)/b20-18-,41-39+,49-47+. The van der Waals surface area contributed by atoms with Crippen molar-refractivity contribution >= 4 is 5.91 Å². The average molecular weight is 1140 g/mol. The van der Waals surface area contributed by atoms with Crippen molar-refractivity contribution in [2.45, 2.75) is 357 Å². The van der Waals surface area contributed by atoms with Crippen LogP contribution in [0.5, 0.6) is 0 Å². The Balaban J connectivity index is 1.72. The minimum absolute atomic E-state index is 0.249. The summed E-state index contributed by atoms with van der Waals surface area (Å²) in [5.41, 5.74) is 0. The van der Waals surface area contributed by atoms with Crippen LogP contribution in [0, 0.1) is 0 Å². The second-order valence-corrected chi connectivity index (χ2v) is 23.6. The number of allylic oxidation sites excluding steroid dienone is 5. The Bertz CT molecular complexity index is 1480. The molecule has 2 rings (SSSR count). The lowest BCUT2D eigenvalue weighted by atomic mass is 9.97. The van der Waals surface area contributed by atoms with Crippen molar-refractivity contribution in [2.24, 2.45) is 0 Å². The van der Waals surface area contributed by atoms with Gasteiger partial charge in [0, 0.05) is 6.42 Å². The summed E-state index contributed by atoms with van der Waals surface area (Å²) in [6.45, 7) is 2.81. The van der Waals surface area contributed by atoms with Gasteiger partial charge >= 0.3 is 0 Å². The van der Waals surface area contributed by atoms with E-state index in [9.17, 15) is 45.6 Å². The van der Waals surface area contributed by atoms with Gasteiger partial charge in [-0.2, -0.15) is 0 Å². The number of aliphatic hydroxyl groups excluding tert-OH is 8. The molecule has 14 nitrogen and oxygen atoms in total. The van der Waals surface area contributed by atoms with Crippen LogP contribution in [0.15, 0.2) is 36.5 Å². The molecule has 470 valence electrons. The lowest BCUT2D eigenvalue weighted by Gasteiger charge is -2.46. The molecule has 2 heterocycles. The van der Waals surface area contributed by atoms with E-state index < -0.39 is 86.8 Å². The van der Waals surface area contributed by atoms with Crippen LogP contribution in [0.3, 0.4) is 0 Å². The molecule has 80 heavy (non-hydrogen) atoms. The summed E-state index contributed by atoms with van der Waals surface area (Å²) in [6, 6.07) is -0.933. The molecule has 1 amide bonds. The van der Waals surface area contributed by atoms with Crippen LogP contribution in [-0.2, 0) is 23.7 Å². The molecule has 0 aliphatic carbocycles. The lowest BCUT2D eigenvalue weighted by molar-refractivity contribution is -0.359. The Kier molecular flexibility index (Phi) is 47.9. The van der Waals surface area contributed by atoms with Crippen LogP contribution in [0.25, 0.3) is 0 Å². The summed E-state index contributed by atoms with van der Waals surface area (Å²) >= 11 is 0. The van der Waals surface area contributed by atoms with Crippen LogP contribution >= 0.6 is 0 Å². The molecule has 0 saturated carbocycles. The number of hydrogen-bond donors (Lipinski definition) is 9. The zero-order valence-corrected chi connectivity index (χ0v) is 50.8. The Morgan fingerprint density at radius 1 is 0.438 bits per heavy atom. The zero-order valence-electron chi connectivity index (χ0n) is 50.8. The molecule has 12 atom stereocenters. The first-order valence-corrected chi connectivity index (χ1v) is 33.2. The number of ether oxygens (including phenoxy) is 4. The molecular formula is C66H123NO13. The summed E-state index contributed by atoms with van der Waals surface area (Å²) in [4.78, 5) is 13.3. The van der Waals surface area contributed by atoms with Crippen molar-refractivity contribution in [3.8, 4) is 0 Å². The number of aliphatic hydroxyl groups is 8. The highest BCUT2D eigenvalue weighted by atomic mass is 16.7.